The minimum absolute atomic E-state index is 0.176. The highest BCUT2D eigenvalue weighted by Gasteiger charge is 2.23. The van der Waals surface area contributed by atoms with Crippen LogP contribution in [-0.2, 0) is 0 Å². The molecule has 2 aromatic rings. The number of carbonyl (C=O) groups is 1. The number of H-pyrrole nitrogens is 1. The fourth-order valence-electron chi connectivity index (χ4n) is 2.89. The fraction of sp³-hybridized carbons (Fsp3) is 0.333. The number of piperazine rings is 1. The molecule has 1 amide bonds. The zero-order valence-electron chi connectivity index (χ0n) is 14.3. The van der Waals surface area contributed by atoms with E-state index in [1.165, 1.54) is 19.4 Å². The predicted octanol–water partition coefficient (Wildman–Crippen LogP) is 1.35. The number of nitrogens with one attached hydrogen (secondary N) is 1. The van der Waals surface area contributed by atoms with Gasteiger partial charge in [0.15, 0.2) is 5.75 Å². The number of benzene rings is 1. The molecule has 1 aromatic carbocycles. The van der Waals surface area contributed by atoms with Gasteiger partial charge in [0.2, 0.25) is 5.43 Å². The number of nitrogens with zero attached hydrogens (tertiary/aromatic N) is 2. The van der Waals surface area contributed by atoms with E-state index in [1.54, 1.807) is 12.0 Å². The zero-order valence-corrected chi connectivity index (χ0v) is 14.3. The summed E-state index contributed by atoms with van der Waals surface area (Å²) in [6.45, 7) is 2.62. The summed E-state index contributed by atoms with van der Waals surface area (Å²) in [6, 6.07) is 9.16. The summed E-state index contributed by atoms with van der Waals surface area (Å²) in [5.41, 5.74) is 1.05. The first-order valence-electron chi connectivity index (χ1n) is 8.07. The van der Waals surface area contributed by atoms with Crippen LogP contribution in [0.3, 0.4) is 0 Å². The number of ether oxygens (including phenoxy) is 2. The molecule has 0 spiro atoms. The Morgan fingerprint density at radius 1 is 1.08 bits per heavy atom. The first-order chi connectivity index (χ1) is 12.1. The van der Waals surface area contributed by atoms with Gasteiger partial charge in [-0.25, -0.2) is 0 Å². The van der Waals surface area contributed by atoms with Crippen molar-refractivity contribution in [3.05, 3.63) is 52.4 Å². The molecule has 1 aliphatic heterocycles. The van der Waals surface area contributed by atoms with Gasteiger partial charge >= 0.3 is 0 Å². The molecule has 0 aliphatic carbocycles. The number of hydrogen-bond acceptors (Lipinski definition) is 5. The molecule has 25 heavy (non-hydrogen) atoms. The number of aromatic nitrogens is 1. The third kappa shape index (κ3) is 3.60. The van der Waals surface area contributed by atoms with Crippen LogP contribution < -0.4 is 19.8 Å². The van der Waals surface area contributed by atoms with Gasteiger partial charge in [0.1, 0.15) is 11.4 Å². The number of anilines is 1. The van der Waals surface area contributed by atoms with E-state index >= 15 is 0 Å². The number of aromatic amines is 1. The van der Waals surface area contributed by atoms with Crippen LogP contribution >= 0.6 is 0 Å². The van der Waals surface area contributed by atoms with E-state index < -0.39 is 0 Å². The second-order valence-corrected chi connectivity index (χ2v) is 5.76. The van der Waals surface area contributed by atoms with Crippen molar-refractivity contribution in [3.63, 3.8) is 0 Å². The Kier molecular flexibility index (Phi) is 4.92. The summed E-state index contributed by atoms with van der Waals surface area (Å²) in [4.78, 5) is 31.2. The molecule has 1 fully saturated rings. The Labute approximate surface area is 145 Å². The summed E-state index contributed by atoms with van der Waals surface area (Å²) < 4.78 is 10.2. The van der Waals surface area contributed by atoms with Gasteiger partial charge in [-0.15, -0.1) is 0 Å². The molecule has 0 atom stereocenters. The van der Waals surface area contributed by atoms with Gasteiger partial charge < -0.3 is 24.3 Å². The maximum atomic E-state index is 12.6. The van der Waals surface area contributed by atoms with Crippen molar-refractivity contribution in [1.82, 2.24) is 9.88 Å². The lowest BCUT2D eigenvalue weighted by atomic mass is 10.2. The first kappa shape index (κ1) is 16.9. The Balaban J connectivity index is 1.66. The number of amides is 1. The Morgan fingerprint density at radius 3 is 2.48 bits per heavy atom. The molecule has 132 valence electrons. The SMILES string of the molecule is COc1cccc(N2CCN(C(=O)c3cc(=O)c(OC)c[nH]3)CC2)c1. The third-order valence-electron chi connectivity index (χ3n) is 4.31. The van der Waals surface area contributed by atoms with Gasteiger partial charge in [-0.2, -0.15) is 0 Å². The minimum Gasteiger partial charge on any atom is -0.497 e. The normalized spacial score (nSPS) is 14.3. The fourth-order valence-corrected chi connectivity index (χ4v) is 2.89. The summed E-state index contributed by atoms with van der Waals surface area (Å²) in [7, 11) is 3.06. The van der Waals surface area contributed by atoms with Crippen LogP contribution in [0.15, 0.2) is 41.3 Å². The van der Waals surface area contributed by atoms with Crippen LogP contribution in [0.4, 0.5) is 5.69 Å². The molecule has 1 saturated heterocycles. The van der Waals surface area contributed by atoms with Gasteiger partial charge in [-0.3, -0.25) is 9.59 Å². The van der Waals surface area contributed by atoms with Crippen LogP contribution in [0.25, 0.3) is 0 Å². The maximum Gasteiger partial charge on any atom is 0.270 e. The van der Waals surface area contributed by atoms with E-state index in [4.69, 9.17) is 9.47 Å². The smallest absolute Gasteiger partial charge is 0.270 e. The standard InChI is InChI=1S/C18H21N3O4/c1-24-14-5-3-4-13(10-14)20-6-8-21(9-7-20)18(23)15-11-16(22)17(25-2)12-19-15/h3-5,10-12H,6-9H2,1-2H3,(H,19,22). The van der Waals surface area contributed by atoms with Gasteiger partial charge in [0.25, 0.3) is 5.91 Å². The molecule has 0 radical (unpaired) electrons. The molecular weight excluding hydrogens is 322 g/mol. The molecule has 0 saturated carbocycles. The first-order valence-corrected chi connectivity index (χ1v) is 8.07. The largest absolute Gasteiger partial charge is 0.497 e. The highest BCUT2D eigenvalue weighted by atomic mass is 16.5. The Hall–Kier alpha value is -2.96. The van der Waals surface area contributed by atoms with Gasteiger partial charge in [-0.1, -0.05) is 6.07 Å². The predicted molar refractivity (Wildman–Crippen MR) is 94.7 cm³/mol. The number of hydrogen-bond donors (Lipinski definition) is 1. The molecule has 1 aliphatic rings. The molecule has 7 heteroatoms. The molecule has 0 bridgehead atoms. The lowest BCUT2D eigenvalue weighted by molar-refractivity contribution is 0.0740. The maximum absolute atomic E-state index is 12.6. The van der Waals surface area contributed by atoms with Crippen molar-refractivity contribution in [2.45, 2.75) is 0 Å². The van der Waals surface area contributed by atoms with Gasteiger partial charge in [-0.05, 0) is 12.1 Å². The van der Waals surface area contributed by atoms with Crippen molar-refractivity contribution in [2.75, 3.05) is 45.3 Å². The van der Waals surface area contributed by atoms with Crippen molar-refractivity contribution < 1.29 is 14.3 Å². The van der Waals surface area contributed by atoms with E-state index in [-0.39, 0.29) is 22.8 Å². The Bertz CT molecular complexity index is 810. The summed E-state index contributed by atoms with van der Waals surface area (Å²) in [5, 5.41) is 0. The average Bonchev–Trinajstić information content (AvgIpc) is 2.67. The van der Waals surface area contributed by atoms with Crippen LogP contribution in [-0.4, -0.2) is 56.2 Å². The van der Waals surface area contributed by atoms with Gasteiger partial charge in [0, 0.05) is 50.2 Å². The molecule has 3 rings (SSSR count). The summed E-state index contributed by atoms with van der Waals surface area (Å²) in [6.07, 6.45) is 1.42. The van der Waals surface area contributed by atoms with Crippen molar-refractivity contribution in [1.29, 1.82) is 0 Å². The number of methoxy groups -OCH3 is 2. The van der Waals surface area contributed by atoms with E-state index in [2.05, 4.69) is 9.88 Å². The summed E-state index contributed by atoms with van der Waals surface area (Å²) >= 11 is 0. The second-order valence-electron chi connectivity index (χ2n) is 5.76. The second kappa shape index (κ2) is 7.29. The van der Waals surface area contributed by atoms with Crippen molar-refractivity contribution >= 4 is 11.6 Å². The highest BCUT2D eigenvalue weighted by molar-refractivity contribution is 5.92. The number of rotatable bonds is 4. The topological polar surface area (TPSA) is 74.9 Å². The molecular formula is C18H21N3O4. The van der Waals surface area contributed by atoms with Crippen LogP contribution in [0.5, 0.6) is 11.5 Å². The molecule has 7 nitrogen and oxygen atoms in total. The van der Waals surface area contributed by atoms with E-state index in [1.807, 2.05) is 24.3 Å². The third-order valence-corrected chi connectivity index (χ3v) is 4.31. The molecule has 1 N–H and O–H groups in total. The van der Waals surface area contributed by atoms with Crippen LogP contribution in [0.2, 0.25) is 0 Å². The number of pyridine rings is 1. The lowest BCUT2D eigenvalue weighted by Gasteiger charge is -2.36. The van der Waals surface area contributed by atoms with Crippen molar-refractivity contribution in [2.24, 2.45) is 0 Å². The molecule has 2 heterocycles. The average molecular weight is 343 g/mol. The minimum atomic E-state index is -0.306. The monoisotopic (exact) mass is 343 g/mol. The van der Waals surface area contributed by atoms with E-state index in [0.29, 0.717) is 13.1 Å². The molecule has 0 unspecified atom stereocenters. The quantitative estimate of drug-likeness (QED) is 0.907. The lowest BCUT2D eigenvalue weighted by Crippen LogP contribution is -2.49. The molecule has 1 aromatic heterocycles. The van der Waals surface area contributed by atoms with E-state index in [0.717, 1.165) is 24.5 Å². The van der Waals surface area contributed by atoms with Crippen LogP contribution in [0, 0.1) is 0 Å². The highest BCUT2D eigenvalue weighted by Crippen LogP contribution is 2.22. The van der Waals surface area contributed by atoms with Gasteiger partial charge in [0.05, 0.1) is 14.2 Å². The zero-order chi connectivity index (χ0) is 17.8. The van der Waals surface area contributed by atoms with Crippen molar-refractivity contribution in [3.8, 4) is 11.5 Å². The Morgan fingerprint density at radius 2 is 1.84 bits per heavy atom. The van der Waals surface area contributed by atoms with Crippen LogP contribution in [0.1, 0.15) is 10.5 Å². The summed E-state index contributed by atoms with van der Waals surface area (Å²) in [5.74, 6) is 0.830. The number of carbonyl (C=O) groups excluding carboxylic acids is 1. The van der Waals surface area contributed by atoms with E-state index in [9.17, 15) is 9.59 Å².